The summed E-state index contributed by atoms with van der Waals surface area (Å²) in [6.45, 7) is 6.44. The predicted octanol–water partition coefficient (Wildman–Crippen LogP) is 3.51. The Kier molecular flexibility index (Phi) is 12.9. The number of unbranched alkanes of at least 4 members (excludes halogenated alkanes) is 2. The van der Waals surface area contributed by atoms with Crippen molar-refractivity contribution < 1.29 is 28.8 Å². The number of carbonyl (C=O) groups is 4. The second kappa shape index (κ2) is 16.8. The Bertz CT molecular complexity index is 1340. The van der Waals surface area contributed by atoms with Crippen LogP contribution in [0.1, 0.15) is 90.5 Å². The van der Waals surface area contributed by atoms with Crippen LogP contribution >= 0.6 is 0 Å². The molecule has 0 radical (unpaired) electrons. The molecule has 2 fully saturated rings. The Morgan fingerprint density at radius 1 is 0.891 bits per heavy atom. The van der Waals surface area contributed by atoms with Crippen molar-refractivity contribution in [2.45, 2.75) is 122 Å². The standard InChI is InChI=1S/C35H53N5O6/c1-6-23(3)31-35(44)39-20-14-13-19-30(39)34(43)36-27(17-10-8-9-15-25(7-2)45-4)32(41)37-28(33(42)38-31)21-24-22-40(46-5)29-18-12-11-16-26(24)29/h11-12,16,18,22-23,25,27-28,30-31H,6-10,13-15,17,19-21H2,1-5H3,(H,36,43)(H,37,41)(H,38,42)/t23?,25?,27-,28-,30+,31-/m0/s1. The SMILES string of the molecule is CCC(CCCCC[C@@H]1NC(=O)[C@H]2CCCCN2C(=O)[C@H](C(C)CC)NC(=O)[C@H](Cc2cn(OC)c3ccccc23)NC1=O)OC. The van der Waals surface area contributed by atoms with Crippen molar-refractivity contribution in [1.29, 1.82) is 0 Å². The molecule has 1 aromatic carbocycles. The first-order valence-electron chi connectivity index (χ1n) is 17.1. The van der Waals surface area contributed by atoms with Crippen molar-refractivity contribution in [2.75, 3.05) is 20.8 Å². The molecule has 11 heteroatoms. The van der Waals surface area contributed by atoms with E-state index in [4.69, 9.17) is 9.57 Å². The normalized spacial score (nSPS) is 24.2. The van der Waals surface area contributed by atoms with Crippen LogP contribution in [0.3, 0.4) is 0 Å². The van der Waals surface area contributed by atoms with Crippen molar-refractivity contribution in [3.05, 3.63) is 36.0 Å². The van der Waals surface area contributed by atoms with E-state index in [-0.39, 0.29) is 30.3 Å². The fraction of sp³-hybridized carbons (Fsp3) is 0.657. The Labute approximate surface area is 273 Å². The molecule has 254 valence electrons. The molecule has 6 atom stereocenters. The maximum Gasteiger partial charge on any atom is 0.246 e. The number of hydrogen-bond donors (Lipinski definition) is 3. The fourth-order valence-electron chi connectivity index (χ4n) is 6.74. The largest absolute Gasteiger partial charge is 0.417 e. The minimum Gasteiger partial charge on any atom is -0.417 e. The van der Waals surface area contributed by atoms with E-state index in [1.807, 2.05) is 44.3 Å². The highest BCUT2D eigenvalue weighted by molar-refractivity contribution is 5.98. The molecule has 46 heavy (non-hydrogen) atoms. The molecule has 2 aliphatic rings. The number of aromatic nitrogens is 1. The van der Waals surface area contributed by atoms with Gasteiger partial charge in [-0.3, -0.25) is 19.2 Å². The summed E-state index contributed by atoms with van der Waals surface area (Å²) in [5.41, 5.74) is 1.66. The second-order valence-corrected chi connectivity index (χ2v) is 12.8. The average molecular weight is 640 g/mol. The number of hydrogen-bond acceptors (Lipinski definition) is 6. The van der Waals surface area contributed by atoms with Crippen LogP contribution in [0.25, 0.3) is 10.9 Å². The zero-order valence-corrected chi connectivity index (χ0v) is 28.2. The van der Waals surface area contributed by atoms with Crippen LogP contribution in [0.4, 0.5) is 0 Å². The van der Waals surface area contributed by atoms with Crippen molar-refractivity contribution in [1.82, 2.24) is 25.6 Å². The predicted molar refractivity (Wildman–Crippen MR) is 177 cm³/mol. The third kappa shape index (κ3) is 8.40. The summed E-state index contributed by atoms with van der Waals surface area (Å²) >= 11 is 0. The molecule has 0 aliphatic carbocycles. The molecular formula is C35H53N5O6. The molecule has 0 saturated carbocycles. The van der Waals surface area contributed by atoms with Crippen LogP contribution in [0.15, 0.2) is 30.5 Å². The maximum absolute atomic E-state index is 14.1. The van der Waals surface area contributed by atoms with Crippen LogP contribution < -0.4 is 20.8 Å². The molecule has 4 amide bonds. The first-order valence-corrected chi connectivity index (χ1v) is 17.1. The Balaban J connectivity index is 1.65. The molecule has 11 nitrogen and oxygen atoms in total. The Morgan fingerprint density at radius 3 is 2.35 bits per heavy atom. The molecule has 3 heterocycles. The second-order valence-electron chi connectivity index (χ2n) is 12.8. The molecule has 2 aromatic rings. The monoisotopic (exact) mass is 639 g/mol. The summed E-state index contributed by atoms with van der Waals surface area (Å²) in [6.07, 6.45) is 9.84. The lowest BCUT2D eigenvalue weighted by Crippen LogP contribution is -2.64. The highest BCUT2D eigenvalue weighted by Crippen LogP contribution is 2.24. The van der Waals surface area contributed by atoms with Gasteiger partial charge < -0.3 is 30.4 Å². The van der Waals surface area contributed by atoms with Gasteiger partial charge in [0.1, 0.15) is 31.3 Å². The maximum atomic E-state index is 14.1. The first-order chi connectivity index (χ1) is 22.2. The molecule has 3 N–H and O–H groups in total. The Hall–Kier alpha value is -3.60. The number of methoxy groups -OCH3 is 1. The van der Waals surface area contributed by atoms with Crippen molar-refractivity contribution in [3.8, 4) is 0 Å². The van der Waals surface area contributed by atoms with E-state index in [1.165, 1.54) is 0 Å². The van der Waals surface area contributed by atoms with Gasteiger partial charge in [-0.15, -0.1) is 0 Å². The van der Waals surface area contributed by atoms with Gasteiger partial charge in [-0.05, 0) is 56.1 Å². The molecule has 0 spiro atoms. The van der Waals surface area contributed by atoms with Gasteiger partial charge in [-0.2, -0.15) is 4.73 Å². The molecular weight excluding hydrogens is 586 g/mol. The summed E-state index contributed by atoms with van der Waals surface area (Å²) in [7, 11) is 3.30. The smallest absolute Gasteiger partial charge is 0.246 e. The Morgan fingerprint density at radius 2 is 1.63 bits per heavy atom. The first kappa shape index (κ1) is 35.3. The number of nitrogens with zero attached hydrogens (tertiary/aromatic N) is 2. The number of carbonyl (C=O) groups excluding carboxylic acids is 4. The minimum absolute atomic E-state index is 0.171. The van der Waals surface area contributed by atoms with Gasteiger partial charge in [0.2, 0.25) is 23.6 Å². The number of amides is 4. The lowest BCUT2D eigenvalue weighted by molar-refractivity contribution is -0.147. The highest BCUT2D eigenvalue weighted by atomic mass is 16.6. The molecule has 0 bridgehead atoms. The molecule has 4 rings (SSSR count). The van der Waals surface area contributed by atoms with Crippen LogP contribution in [0.5, 0.6) is 0 Å². The lowest BCUT2D eigenvalue weighted by Gasteiger charge is -2.39. The number of para-hydroxylation sites is 1. The van der Waals surface area contributed by atoms with E-state index in [9.17, 15) is 19.2 Å². The van der Waals surface area contributed by atoms with E-state index in [0.29, 0.717) is 25.8 Å². The van der Waals surface area contributed by atoms with Crippen LogP contribution in [0, 0.1) is 5.92 Å². The van der Waals surface area contributed by atoms with Gasteiger partial charge in [0.25, 0.3) is 0 Å². The van der Waals surface area contributed by atoms with Gasteiger partial charge in [-0.25, -0.2) is 0 Å². The van der Waals surface area contributed by atoms with E-state index in [2.05, 4.69) is 22.9 Å². The fourth-order valence-corrected chi connectivity index (χ4v) is 6.74. The number of nitrogens with one attached hydrogen (secondary N) is 3. The lowest BCUT2D eigenvalue weighted by atomic mass is 9.93. The van der Waals surface area contributed by atoms with E-state index >= 15 is 0 Å². The van der Waals surface area contributed by atoms with E-state index in [1.54, 1.807) is 23.8 Å². The summed E-state index contributed by atoms with van der Waals surface area (Å²) in [6, 6.07) is 4.39. The van der Waals surface area contributed by atoms with Gasteiger partial charge >= 0.3 is 0 Å². The van der Waals surface area contributed by atoms with Crippen LogP contribution in [0.2, 0.25) is 0 Å². The van der Waals surface area contributed by atoms with Crippen LogP contribution in [-0.2, 0) is 30.3 Å². The average Bonchev–Trinajstić information content (AvgIpc) is 3.43. The van der Waals surface area contributed by atoms with Crippen LogP contribution in [-0.4, -0.2) is 84.3 Å². The third-order valence-corrected chi connectivity index (χ3v) is 9.82. The minimum atomic E-state index is -0.981. The van der Waals surface area contributed by atoms with Crippen molar-refractivity contribution in [3.63, 3.8) is 0 Å². The number of rotatable bonds is 13. The summed E-state index contributed by atoms with van der Waals surface area (Å²) in [4.78, 5) is 63.1. The number of fused-ring (bicyclic) bond motifs is 2. The van der Waals surface area contributed by atoms with Crippen molar-refractivity contribution in [2.24, 2.45) is 5.92 Å². The topological polar surface area (TPSA) is 131 Å². The zero-order chi connectivity index (χ0) is 33.2. The van der Waals surface area contributed by atoms with Gasteiger partial charge in [-0.1, -0.05) is 64.7 Å². The van der Waals surface area contributed by atoms with Gasteiger partial charge in [0.15, 0.2) is 0 Å². The molecule has 2 aliphatic heterocycles. The zero-order valence-electron chi connectivity index (χ0n) is 28.2. The van der Waals surface area contributed by atoms with Gasteiger partial charge in [0, 0.05) is 31.7 Å². The molecule has 2 saturated heterocycles. The number of benzene rings is 1. The van der Waals surface area contributed by atoms with Crippen molar-refractivity contribution >= 4 is 34.5 Å². The number of ether oxygens (including phenoxy) is 1. The van der Waals surface area contributed by atoms with E-state index < -0.39 is 36.0 Å². The third-order valence-electron chi connectivity index (χ3n) is 9.82. The van der Waals surface area contributed by atoms with Gasteiger partial charge in [0.05, 0.1) is 11.6 Å². The number of piperidine rings is 1. The molecule has 1 aromatic heterocycles. The van der Waals surface area contributed by atoms with E-state index in [0.717, 1.165) is 61.4 Å². The summed E-state index contributed by atoms with van der Waals surface area (Å²) < 4.78 is 7.14. The summed E-state index contributed by atoms with van der Waals surface area (Å²) in [5.74, 6) is -1.56. The molecule has 2 unspecified atom stereocenters. The highest BCUT2D eigenvalue weighted by Gasteiger charge is 2.40. The summed E-state index contributed by atoms with van der Waals surface area (Å²) in [5, 5.41) is 9.89. The quantitative estimate of drug-likeness (QED) is 0.288.